The Labute approximate surface area is 392 Å². The Kier molecular flexibility index (Phi) is 22.8. The first kappa shape index (κ1) is 53.3. The van der Waals surface area contributed by atoms with Crippen LogP contribution in [0.3, 0.4) is 0 Å². The van der Waals surface area contributed by atoms with E-state index in [0.717, 1.165) is 30.6 Å². The summed E-state index contributed by atoms with van der Waals surface area (Å²) in [5.41, 5.74) is 13.9. The lowest BCUT2D eigenvalue weighted by Crippen LogP contribution is -2.56. The Bertz CT molecular complexity index is 1960. The number of nitrogens with two attached hydrogens (primary N) is 2. The van der Waals surface area contributed by atoms with E-state index in [1.54, 1.807) is 30.3 Å². The number of amides is 10. The molecule has 15 N–H and O–H groups in total. The number of fused-ring (bicyclic) bond motifs is 1. The van der Waals surface area contributed by atoms with Gasteiger partial charge in [-0.1, -0.05) is 36.8 Å². The molecule has 10 amide bonds. The topological polar surface area (TPSA) is 363 Å². The number of benzene rings is 1. The third kappa shape index (κ3) is 19.2. The molecule has 2 fully saturated rings. The summed E-state index contributed by atoms with van der Waals surface area (Å²) >= 11 is 1.83. The van der Waals surface area contributed by atoms with E-state index in [-0.39, 0.29) is 56.1 Å². The first-order valence-electron chi connectivity index (χ1n) is 22.6. The molecule has 2 aliphatic rings. The molecular weight excluding hydrogens is 891 g/mol. The number of H-pyrrole nitrogens is 1. The number of nitrogens with zero attached hydrogens (tertiary/aromatic N) is 1. The maximum atomic E-state index is 13.8. The Hall–Kier alpha value is -6.27. The minimum atomic E-state index is -1.25. The van der Waals surface area contributed by atoms with Gasteiger partial charge in [0.05, 0.1) is 37.4 Å². The van der Waals surface area contributed by atoms with Crippen LogP contribution in [0.15, 0.2) is 42.9 Å². The first-order valence-corrected chi connectivity index (χ1v) is 23.6. The molecule has 7 atom stereocenters. The Morgan fingerprint density at radius 2 is 1.49 bits per heavy atom. The second kappa shape index (κ2) is 28.7. The van der Waals surface area contributed by atoms with Gasteiger partial charge in [0.15, 0.2) is 0 Å². The predicted octanol–water partition coefficient (Wildman–Crippen LogP) is -1.98. The number of nitrogens with one attached hydrogen (secondary N) is 10. The Morgan fingerprint density at radius 3 is 2.21 bits per heavy atom. The summed E-state index contributed by atoms with van der Waals surface area (Å²) in [5, 5.41) is 30.9. The van der Waals surface area contributed by atoms with Crippen molar-refractivity contribution in [2.24, 2.45) is 17.4 Å². The number of urea groups is 1. The van der Waals surface area contributed by atoms with Crippen molar-refractivity contribution in [2.75, 3.05) is 31.9 Å². The molecule has 67 heavy (non-hydrogen) atoms. The van der Waals surface area contributed by atoms with E-state index in [1.807, 2.05) is 11.8 Å². The SMILES string of the molecule is NCCCC[C@H](NC(=O)[C@H](Cc1cnc[nH]1)NC(=O)C(CC(=O)NO)Cc1ccccc1)C(=O)NCC(=O)NCC(=O)N[C@@H](CCCCNC(=O)CCCC[C@@H]1SC[C@@H]2NC(=O)N[C@@H]21)C(N)=O. The highest BCUT2D eigenvalue weighted by Gasteiger charge is 2.42. The molecule has 1 unspecified atom stereocenters. The minimum absolute atomic E-state index is 0.0664. The number of imidazole rings is 1. The lowest BCUT2D eigenvalue weighted by molar-refractivity contribution is -0.136. The third-order valence-corrected chi connectivity index (χ3v) is 12.8. The van der Waals surface area contributed by atoms with Crippen LogP contribution in [0.1, 0.15) is 81.9 Å². The molecule has 0 bridgehead atoms. The summed E-state index contributed by atoms with van der Waals surface area (Å²) in [4.78, 5) is 121. The zero-order valence-corrected chi connectivity index (χ0v) is 38.3. The van der Waals surface area contributed by atoms with Gasteiger partial charge in [-0.15, -0.1) is 0 Å². The number of primary amides is 1. The van der Waals surface area contributed by atoms with E-state index < -0.39 is 78.5 Å². The number of rotatable bonds is 31. The van der Waals surface area contributed by atoms with Gasteiger partial charge in [-0.3, -0.25) is 43.6 Å². The van der Waals surface area contributed by atoms with Crippen LogP contribution in [-0.2, 0) is 51.2 Å². The van der Waals surface area contributed by atoms with Gasteiger partial charge in [0.1, 0.15) is 18.1 Å². The van der Waals surface area contributed by atoms with Crippen molar-refractivity contribution in [3.05, 3.63) is 54.1 Å². The average molecular weight is 956 g/mol. The van der Waals surface area contributed by atoms with Crippen molar-refractivity contribution in [1.29, 1.82) is 0 Å². The molecule has 24 heteroatoms. The fourth-order valence-electron chi connectivity index (χ4n) is 7.70. The molecule has 2 aromatic rings. The summed E-state index contributed by atoms with van der Waals surface area (Å²) in [6, 6.07) is 5.60. The van der Waals surface area contributed by atoms with Crippen LogP contribution in [0, 0.1) is 5.92 Å². The van der Waals surface area contributed by atoms with Crippen molar-refractivity contribution >= 4 is 65.1 Å². The molecule has 23 nitrogen and oxygen atoms in total. The molecule has 3 heterocycles. The van der Waals surface area contributed by atoms with Crippen LogP contribution in [0.25, 0.3) is 0 Å². The Morgan fingerprint density at radius 1 is 0.761 bits per heavy atom. The smallest absolute Gasteiger partial charge is 0.315 e. The normalized spacial score (nSPS) is 17.8. The summed E-state index contributed by atoms with van der Waals surface area (Å²) in [7, 11) is 0. The molecule has 0 saturated carbocycles. The van der Waals surface area contributed by atoms with Crippen LogP contribution < -0.4 is 59.5 Å². The number of aromatic amines is 1. The molecule has 2 aliphatic heterocycles. The van der Waals surface area contributed by atoms with Crippen LogP contribution in [0.2, 0.25) is 0 Å². The molecule has 4 rings (SSSR count). The van der Waals surface area contributed by atoms with Crippen LogP contribution in [0.4, 0.5) is 4.79 Å². The highest BCUT2D eigenvalue weighted by atomic mass is 32.2. The van der Waals surface area contributed by atoms with Crippen molar-refractivity contribution < 1.29 is 48.4 Å². The maximum absolute atomic E-state index is 13.8. The van der Waals surface area contributed by atoms with Gasteiger partial charge in [0.25, 0.3) is 0 Å². The molecule has 0 spiro atoms. The minimum Gasteiger partial charge on any atom is -0.368 e. The fraction of sp³-hybridized carbons (Fsp3) is 0.581. The summed E-state index contributed by atoms with van der Waals surface area (Å²) < 4.78 is 0. The number of thioether (sulfide) groups is 1. The first-order chi connectivity index (χ1) is 32.3. The molecule has 1 aromatic carbocycles. The van der Waals surface area contributed by atoms with Gasteiger partial charge in [0.2, 0.25) is 47.3 Å². The van der Waals surface area contributed by atoms with Crippen molar-refractivity contribution in [1.82, 2.24) is 58.0 Å². The van der Waals surface area contributed by atoms with Crippen LogP contribution in [-0.4, -0.2) is 136 Å². The monoisotopic (exact) mass is 955 g/mol. The van der Waals surface area contributed by atoms with E-state index in [9.17, 15) is 48.4 Å². The summed E-state index contributed by atoms with van der Waals surface area (Å²) in [5.74, 6) is -5.32. The number of carbonyl (C=O) groups is 9. The van der Waals surface area contributed by atoms with Gasteiger partial charge in [-0.25, -0.2) is 15.3 Å². The third-order valence-electron chi connectivity index (χ3n) is 11.3. The van der Waals surface area contributed by atoms with Gasteiger partial charge in [-0.05, 0) is 69.9 Å². The van der Waals surface area contributed by atoms with E-state index in [0.29, 0.717) is 56.1 Å². The number of unbranched alkanes of at least 4 members (excludes halogenated alkanes) is 3. The summed E-state index contributed by atoms with van der Waals surface area (Å²) in [6.45, 7) is -0.407. The lowest BCUT2D eigenvalue weighted by Gasteiger charge is -2.25. The van der Waals surface area contributed by atoms with Crippen LogP contribution in [0.5, 0.6) is 0 Å². The van der Waals surface area contributed by atoms with E-state index in [2.05, 4.69) is 52.5 Å². The molecule has 0 radical (unpaired) electrons. The van der Waals surface area contributed by atoms with E-state index in [1.165, 1.54) is 18.0 Å². The second-order valence-electron chi connectivity index (χ2n) is 16.5. The number of hydrogen-bond acceptors (Lipinski definition) is 13. The molecule has 1 aromatic heterocycles. The molecule has 368 valence electrons. The van der Waals surface area contributed by atoms with Crippen LogP contribution >= 0.6 is 11.8 Å². The van der Waals surface area contributed by atoms with Gasteiger partial charge in [0, 0.05) is 48.7 Å². The molecular formula is C43H65N13O10S. The number of carbonyl (C=O) groups excluding carboxylic acids is 9. The summed E-state index contributed by atoms with van der Waals surface area (Å²) in [6.07, 6.45) is 7.66. The standard InChI is InChI=1S/C43H65N13O10S/c44-16-8-6-13-30(52-42(64)31(20-28-21-46-25-50-28)53-40(62)27(19-35(58)56-66)18-26-10-2-1-3-11-26)41(63)49-22-36(59)48-23-37(60)51-29(39(45)61)12-7-9-17-47-34(57)15-5-4-14-33-38-32(24-67-33)54-43(65)55-38/h1-3,10-11,21,25,27,29-33,38,66H,4-9,12-20,22-24,44H2,(H2,45,61)(H,46,50)(H,47,57)(H,48,59)(H,49,63)(H,51,60)(H,52,64)(H,53,62)(H,56,58)(H2,54,55,65)/t27?,29-,30-,31-,32-,33-,38-/m0/s1. The predicted molar refractivity (Wildman–Crippen MR) is 245 cm³/mol. The largest absolute Gasteiger partial charge is 0.368 e. The van der Waals surface area contributed by atoms with Crippen molar-refractivity contribution in [3.63, 3.8) is 0 Å². The number of aromatic nitrogens is 2. The van der Waals surface area contributed by atoms with Gasteiger partial charge < -0.3 is 59.0 Å². The number of hydrogen-bond donors (Lipinski definition) is 13. The van der Waals surface area contributed by atoms with Gasteiger partial charge in [-0.2, -0.15) is 11.8 Å². The second-order valence-corrected chi connectivity index (χ2v) is 17.8. The Balaban J connectivity index is 1.19. The maximum Gasteiger partial charge on any atom is 0.315 e. The zero-order valence-electron chi connectivity index (χ0n) is 37.4. The zero-order chi connectivity index (χ0) is 48.6. The molecule has 0 aliphatic carbocycles. The molecule has 2 saturated heterocycles. The lowest BCUT2D eigenvalue weighted by atomic mass is 9.94. The highest BCUT2D eigenvalue weighted by molar-refractivity contribution is 8.00. The fourth-order valence-corrected chi connectivity index (χ4v) is 9.24. The van der Waals surface area contributed by atoms with Gasteiger partial charge >= 0.3 is 6.03 Å². The average Bonchev–Trinajstić information content (AvgIpc) is 4.06. The quantitative estimate of drug-likeness (QED) is 0.0169. The number of hydroxylamine groups is 1. The van der Waals surface area contributed by atoms with Crippen molar-refractivity contribution in [3.8, 4) is 0 Å². The van der Waals surface area contributed by atoms with E-state index >= 15 is 0 Å². The van der Waals surface area contributed by atoms with E-state index in [4.69, 9.17) is 11.5 Å². The highest BCUT2D eigenvalue weighted by Crippen LogP contribution is 2.33. The van der Waals surface area contributed by atoms with Crippen molar-refractivity contribution in [2.45, 2.75) is 119 Å².